The maximum Gasteiger partial charge on any atom is 0.264 e. The number of imide groups is 1. The number of anilines is 2. The van der Waals surface area contributed by atoms with Crippen molar-refractivity contribution in [2.24, 2.45) is 0 Å². The van der Waals surface area contributed by atoms with E-state index in [0.29, 0.717) is 29.5 Å². The van der Waals surface area contributed by atoms with E-state index in [1.165, 1.54) is 12.8 Å². The molecule has 2 aromatic carbocycles. The van der Waals surface area contributed by atoms with Crippen molar-refractivity contribution in [3.8, 4) is 11.5 Å². The summed E-state index contributed by atoms with van der Waals surface area (Å²) in [7, 11) is 3.18. The van der Waals surface area contributed by atoms with Crippen molar-refractivity contribution in [1.29, 1.82) is 0 Å². The van der Waals surface area contributed by atoms with Crippen LogP contribution in [0.5, 0.6) is 11.5 Å². The summed E-state index contributed by atoms with van der Waals surface area (Å²) in [5.41, 5.74) is 1.45. The third-order valence-electron chi connectivity index (χ3n) is 7.75. The summed E-state index contributed by atoms with van der Waals surface area (Å²) in [5, 5.41) is 6.09. The second-order valence-electron chi connectivity index (χ2n) is 10.1. The van der Waals surface area contributed by atoms with Crippen LogP contribution in [0, 0.1) is 0 Å². The highest BCUT2D eigenvalue weighted by Crippen LogP contribution is 2.37. The van der Waals surface area contributed by atoms with Crippen molar-refractivity contribution in [3.05, 3.63) is 47.5 Å². The molecule has 2 aromatic rings. The lowest BCUT2D eigenvalue weighted by atomic mass is 10.1. The smallest absolute Gasteiger partial charge is 0.264 e. The van der Waals surface area contributed by atoms with Gasteiger partial charge in [-0.15, -0.1) is 0 Å². The summed E-state index contributed by atoms with van der Waals surface area (Å²) < 4.78 is 11.5. The maximum atomic E-state index is 13.6. The Balaban J connectivity index is 1.34. The van der Waals surface area contributed by atoms with Crippen LogP contribution < -0.4 is 20.1 Å². The van der Waals surface area contributed by atoms with Gasteiger partial charge in [-0.25, -0.2) is 0 Å². The van der Waals surface area contributed by atoms with Crippen molar-refractivity contribution < 1.29 is 28.7 Å². The minimum atomic E-state index is -0.973. The van der Waals surface area contributed by atoms with Crippen molar-refractivity contribution in [2.75, 3.05) is 45.7 Å². The topological polar surface area (TPSA) is 117 Å². The van der Waals surface area contributed by atoms with E-state index in [4.69, 9.17) is 9.47 Å². The SMILES string of the molecule is CNC1CC(=O)C(N2C(=O)c3cccc(Nc4ccc(OCCN5CCCC5)cc4OC)c3C2=O)CCC1=O. The molecule has 0 radical (unpaired) electrons. The Hall–Kier alpha value is -3.76. The van der Waals surface area contributed by atoms with E-state index in [9.17, 15) is 19.2 Å². The molecule has 2 unspecified atom stereocenters. The number of nitrogens with one attached hydrogen (secondary N) is 2. The Morgan fingerprint density at radius 2 is 1.77 bits per heavy atom. The first kappa shape index (κ1) is 26.8. The molecule has 0 spiro atoms. The van der Waals surface area contributed by atoms with Crippen LogP contribution in [0.15, 0.2) is 36.4 Å². The number of rotatable bonds is 9. The van der Waals surface area contributed by atoms with Gasteiger partial charge < -0.3 is 20.1 Å². The molecule has 2 heterocycles. The predicted octanol–water partition coefficient (Wildman–Crippen LogP) is 2.79. The summed E-state index contributed by atoms with van der Waals surface area (Å²) in [6.07, 6.45) is 2.65. The molecular weight excluding hydrogens is 500 g/mol. The number of nitrogens with zero attached hydrogens (tertiary/aromatic N) is 2. The highest BCUT2D eigenvalue weighted by molar-refractivity contribution is 6.25. The third-order valence-corrected chi connectivity index (χ3v) is 7.75. The first-order chi connectivity index (χ1) is 18.9. The van der Waals surface area contributed by atoms with Gasteiger partial charge in [-0.2, -0.15) is 0 Å². The van der Waals surface area contributed by atoms with Crippen molar-refractivity contribution in [1.82, 2.24) is 15.1 Å². The number of carbonyl (C=O) groups excluding carboxylic acids is 4. The standard InChI is InChI=1S/C29H34N4O6/c1-30-22-17-25(35)23(10-11-24(22)34)33-28(36)19-6-5-7-21(27(19)29(33)37)31-20-9-8-18(16-26(20)38-2)39-15-14-32-12-3-4-13-32/h5-9,16,22-23,30-31H,3-4,10-15,17H2,1-2H3. The molecule has 1 aliphatic carbocycles. The van der Waals surface area contributed by atoms with Crippen molar-refractivity contribution in [3.63, 3.8) is 0 Å². The van der Waals surface area contributed by atoms with Gasteiger partial charge >= 0.3 is 0 Å². The van der Waals surface area contributed by atoms with Gasteiger partial charge in [-0.3, -0.25) is 29.0 Å². The van der Waals surface area contributed by atoms with Crippen LogP contribution in [0.3, 0.4) is 0 Å². The molecule has 2 atom stereocenters. The molecule has 206 valence electrons. The first-order valence-electron chi connectivity index (χ1n) is 13.4. The molecule has 0 bridgehead atoms. The highest BCUT2D eigenvalue weighted by atomic mass is 16.5. The Labute approximate surface area is 227 Å². The first-order valence-corrected chi connectivity index (χ1v) is 13.4. The van der Waals surface area contributed by atoms with Crippen LogP contribution in [0.4, 0.5) is 11.4 Å². The lowest BCUT2D eigenvalue weighted by Gasteiger charge is -2.23. The van der Waals surface area contributed by atoms with Gasteiger partial charge in [0.05, 0.1) is 41.7 Å². The minimum Gasteiger partial charge on any atom is -0.494 e. The summed E-state index contributed by atoms with van der Waals surface area (Å²) in [4.78, 5) is 55.7. The maximum absolute atomic E-state index is 13.6. The Bertz CT molecular complexity index is 1290. The second-order valence-corrected chi connectivity index (χ2v) is 10.1. The fourth-order valence-electron chi connectivity index (χ4n) is 5.60. The highest BCUT2D eigenvalue weighted by Gasteiger charge is 2.45. The zero-order valence-corrected chi connectivity index (χ0v) is 22.3. The lowest BCUT2D eigenvalue weighted by Crippen LogP contribution is -2.45. The zero-order chi connectivity index (χ0) is 27.5. The fourth-order valence-corrected chi connectivity index (χ4v) is 5.60. The monoisotopic (exact) mass is 534 g/mol. The van der Waals surface area contributed by atoms with Gasteiger partial charge in [-0.05, 0) is 63.7 Å². The summed E-state index contributed by atoms with van der Waals surface area (Å²) >= 11 is 0. The molecule has 1 saturated heterocycles. The molecule has 2 N–H and O–H groups in total. The van der Waals surface area contributed by atoms with E-state index in [1.807, 2.05) is 6.07 Å². The fraction of sp³-hybridized carbons (Fsp3) is 0.448. The molecule has 1 saturated carbocycles. The van der Waals surface area contributed by atoms with Gasteiger partial charge in [0.1, 0.15) is 23.9 Å². The number of methoxy groups -OCH3 is 1. The predicted molar refractivity (Wildman–Crippen MR) is 145 cm³/mol. The molecule has 2 aliphatic heterocycles. The van der Waals surface area contributed by atoms with Crippen LogP contribution in [0.25, 0.3) is 0 Å². The number of ketones is 2. The average molecular weight is 535 g/mol. The Morgan fingerprint density at radius 3 is 2.51 bits per heavy atom. The van der Waals surface area contributed by atoms with E-state index in [1.54, 1.807) is 44.5 Å². The van der Waals surface area contributed by atoms with E-state index in [2.05, 4.69) is 15.5 Å². The van der Waals surface area contributed by atoms with E-state index < -0.39 is 23.9 Å². The third kappa shape index (κ3) is 5.39. The van der Waals surface area contributed by atoms with Crippen LogP contribution in [-0.2, 0) is 9.59 Å². The van der Waals surface area contributed by atoms with Gasteiger partial charge in [-0.1, -0.05) is 6.07 Å². The van der Waals surface area contributed by atoms with Crippen molar-refractivity contribution in [2.45, 2.75) is 44.2 Å². The lowest BCUT2D eigenvalue weighted by molar-refractivity contribution is -0.125. The number of likely N-dealkylation sites (tertiary alicyclic amines) is 1. The Kier molecular flexibility index (Phi) is 7.94. The quantitative estimate of drug-likeness (QED) is 0.370. The summed E-state index contributed by atoms with van der Waals surface area (Å²) in [5.74, 6) is -0.271. The van der Waals surface area contributed by atoms with Gasteiger partial charge in [0, 0.05) is 25.5 Å². The number of fused-ring (bicyclic) bond motifs is 1. The second kappa shape index (κ2) is 11.5. The van der Waals surface area contributed by atoms with Crippen LogP contribution in [0.1, 0.15) is 52.8 Å². The van der Waals surface area contributed by atoms with E-state index in [-0.39, 0.29) is 42.0 Å². The molecule has 10 nitrogen and oxygen atoms in total. The average Bonchev–Trinajstić information content (AvgIpc) is 3.51. The zero-order valence-electron chi connectivity index (χ0n) is 22.3. The van der Waals surface area contributed by atoms with Gasteiger partial charge in [0.25, 0.3) is 11.8 Å². The number of likely N-dealkylation sites (N-methyl/N-ethyl adjacent to an activating group) is 1. The molecule has 2 amide bonds. The molecular formula is C29H34N4O6. The number of hydrogen-bond donors (Lipinski definition) is 2. The molecule has 5 rings (SSSR count). The number of Topliss-reactive ketones (excluding diaryl/α,β-unsaturated/α-hetero) is 2. The molecule has 2 fully saturated rings. The number of amides is 2. The van der Waals surface area contributed by atoms with E-state index in [0.717, 1.165) is 24.5 Å². The molecule has 0 aromatic heterocycles. The van der Waals surface area contributed by atoms with Crippen molar-refractivity contribution >= 4 is 34.8 Å². The van der Waals surface area contributed by atoms with Gasteiger partial charge in [0.15, 0.2) is 5.78 Å². The normalized spacial score (nSPS) is 21.7. The largest absolute Gasteiger partial charge is 0.494 e. The summed E-state index contributed by atoms with van der Waals surface area (Å²) in [6.45, 7) is 3.67. The van der Waals surface area contributed by atoms with E-state index >= 15 is 0 Å². The Morgan fingerprint density at radius 1 is 0.974 bits per heavy atom. The number of ether oxygens (including phenoxy) is 2. The molecule has 10 heteroatoms. The number of benzene rings is 2. The number of carbonyl (C=O) groups is 4. The summed E-state index contributed by atoms with van der Waals surface area (Å²) in [6, 6.07) is 8.83. The van der Waals surface area contributed by atoms with Crippen LogP contribution in [0.2, 0.25) is 0 Å². The molecule has 3 aliphatic rings. The van der Waals surface area contributed by atoms with Crippen LogP contribution in [-0.4, -0.2) is 85.7 Å². The minimum absolute atomic E-state index is 0.0534. The molecule has 39 heavy (non-hydrogen) atoms. The van der Waals surface area contributed by atoms with Gasteiger partial charge in [0.2, 0.25) is 0 Å². The number of hydrogen-bond acceptors (Lipinski definition) is 9. The van der Waals surface area contributed by atoms with Crippen LogP contribution >= 0.6 is 0 Å².